The van der Waals surface area contributed by atoms with Crippen molar-refractivity contribution < 1.29 is 14.8 Å². The van der Waals surface area contributed by atoms with E-state index in [1.165, 1.54) is 32.0 Å². The van der Waals surface area contributed by atoms with Crippen LogP contribution in [0.25, 0.3) is 0 Å². The van der Waals surface area contributed by atoms with E-state index in [0.29, 0.717) is 0 Å². The Labute approximate surface area is 97.4 Å². The van der Waals surface area contributed by atoms with Gasteiger partial charge in [-0.15, -0.1) is 0 Å². The predicted molar refractivity (Wildman–Crippen MR) is 61.7 cm³/mol. The Morgan fingerprint density at radius 3 is 2.59 bits per heavy atom. The SMILES string of the molecule is CC(C)(N)C(=O)Nc1c(O)cccc1[N+](=O)[O-]. The van der Waals surface area contributed by atoms with E-state index in [1.54, 1.807) is 0 Å². The van der Waals surface area contributed by atoms with E-state index in [4.69, 9.17) is 5.73 Å². The first kappa shape index (κ1) is 12.9. The molecule has 0 saturated heterocycles. The number of hydrogen-bond acceptors (Lipinski definition) is 5. The molecule has 0 aromatic heterocycles. The molecule has 0 bridgehead atoms. The van der Waals surface area contributed by atoms with Crippen LogP contribution in [-0.4, -0.2) is 21.5 Å². The van der Waals surface area contributed by atoms with Crippen molar-refractivity contribution in [2.45, 2.75) is 19.4 Å². The molecule has 0 radical (unpaired) electrons. The Morgan fingerprint density at radius 2 is 2.12 bits per heavy atom. The maximum Gasteiger partial charge on any atom is 0.296 e. The van der Waals surface area contributed by atoms with Crippen LogP contribution in [0.3, 0.4) is 0 Å². The fraction of sp³-hybridized carbons (Fsp3) is 0.300. The van der Waals surface area contributed by atoms with Gasteiger partial charge in [0.2, 0.25) is 5.91 Å². The second kappa shape index (κ2) is 4.38. The highest BCUT2D eigenvalue weighted by molar-refractivity contribution is 6.00. The molecular formula is C10H13N3O4. The van der Waals surface area contributed by atoms with E-state index in [2.05, 4.69) is 5.32 Å². The molecule has 0 saturated carbocycles. The molecule has 1 amide bonds. The second-order valence-electron chi connectivity index (χ2n) is 4.10. The highest BCUT2D eigenvalue weighted by Gasteiger charge is 2.26. The van der Waals surface area contributed by atoms with Crippen molar-refractivity contribution in [2.75, 3.05) is 5.32 Å². The van der Waals surface area contributed by atoms with Crippen LogP contribution >= 0.6 is 0 Å². The van der Waals surface area contributed by atoms with E-state index >= 15 is 0 Å². The minimum Gasteiger partial charge on any atom is -0.505 e. The van der Waals surface area contributed by atoms with Crippen LogP contribution < -0.4 is 11.1 Å². The normalized spacial score (nSPS) is 11.0. The highest BCUT2D eigenvalue weighted by atomic mass is 16.6. The molecule has 1 aromatic carbocycles. The predicted octanol–water partition coefficient (Wildman–Crippen LogP) is 0.976. The number of carbonyl (C=O) groups excluding carboxylic acids is 1. The lowest BCUT2D eigenvalue weighted by atomic mass is 10.1. The molecule has 92 valence electrons. The molecule has 0 heterocycles. The lowest BCUT2D eigenvalue weighted by Crippen LogP contribution is -2.45. The average Bonchev–Trinajstić information content (AvgIpc) is 2.18. The molecule has 4 N–H and O–H groups in total. The van der Waals surface area contributed by atoms with Gasteiger partial charge in [0.1, 0.15) is 5.75 Å². The number of carbonyl (C=O) groups is 1. The Kier molecular flexibility index (Phi) is 3.33. The Bertz CT molecular complexity index is 465. The number of amides is 1. The molecule has 0 aliphatic heterocycles. The smallest absolute Gasteiger partial charge is 0.296 e. The Balaban J connectivity index is 3.14. The zero-order chi connectivity index (χ0) is 13.2. The monoisotopic (exact) mass is 239 g/mol. The first-order valence-electron chi connectivity index (χ1n) is 4.80. The van der Waals surface area contributed by atoms with Crippen molar-refractivity contribution in [1.82, 2.24) is 0 Å². The first-order valence-corrected chi connectivity index (χ1v) is 4.80. The minimum absolute atomic E-state index is 0.249. The zero-order valence-corrected chi connectivity index (χ0v) is 9.43. The summed E-state index contributed by atoms with van der Waals surface area (Å²) in [7, 11) is 0. The molecule has 17 heavy (non-hydrogen) atoms. The number of nitrogens with two attached hydrogens (primary N) is 1. The van der Waals surface area contributed by atoms with Gasteiger partial charge >= 0.3 is 0 Å². The number of aromatic hydroxyl groups is 1. The largest absolute Gasteiger partial charge is 0.505 e. The molecule has 7 heteroatoms. The second-order valence-corrected chi connectivity index (χ2v) is 4.10. The zero-order valence-electron chi connectivity index (χ0n) is 9.43. The molecule has 0 unspecified atom stereocenters. The number of nitrogens with one attached hydrogen (secondary N) is 1. The van der Waals surface area contributed by atoms with Gasteiger partial charge in [-0.1, -0.05) is 6.07 Å². The third-order valence-corrected chi connectivity index (χ3v) is 2.04. The fourth-order valence-corrected chi connectivity index (χ4v) is 1.08. The van der Waals surface area contributed by atoms with Crippen molar-refractivity contribution >= 4 is 17.3 Å². The summed E-state index contributed by atoms with van der Waals surface area (Å²) in [4.78, 5) is 21.6. The fourth-order valence-electron chi connectivity index (χ4n) is 1.08. The molecule has 0 fully saturated rings. The van der Waals surface area contributed by atoms with Gasteiger partial charge in [-0.2, -0.15) is 0 Å². The van der Waals surface area contributed by atoms with Crippen molar-refractivity contribution in [3.05, 3.63) is 28.3 Å². The molecule has 7 nitrogen and oxygen atoms in total. The summed E-state index contributed by atoms with van der Waals surface area (Å²) in [6.07, 6.45) is 0. The standard InChI is InChI=1S/C10H13N3O4/c1-10(2,11)9(15)12-8-6(13(16)17)4-3-5-7(8)14/h3-5,14H,11H2,1-2H3,(H,12,15). The maximum atomic E-state index is 11.6. The summed E-state index contributed by atoms with van der Waals surface area (Å²) in [6, 6.07) is 3.74. The number of benzene rings is 1. The number of phenols is 1. The van der Waals surface area contributed by atoms with Crippen LogP contribution in [0, 0.1) is 10.1 Å². The summed E-state index contributed by atoms with van der Waals surface area (Å²) in [5, 5.41) is 22.5. The van der Waals surface area contributed by atoms with Crippen molar-refractivity contribution in [3.8, 4) is 5.75 Å². The van der Waals surface area contributed by atoms with Gasteiger partial charge in [0.25, 0.3) is 5.69 Å². The molecule has 0 atom stereocenters. The highest BCUT2D eigenvalue weighted by Crippen LogP contribution is 2.33. The van der Waals surface area contributed by atoms with Gasteiger partial charge < -0.3 is 16.2 Å². The molecule has 0 aliphatic carbocycles. The van der Waals surface area contributed by atoms with Gasteiger partial charge in [0.15, 0.2) is 5.69 Å². The van der Waals surface area contributed by atoms with Crippen LogP contribution in [0.15, 0.2) is 18.2 Å². The van der Waals surface area contributed by atoms with Gasteiger partial charge in [0, 0.05) is 6.07 Å². The molecular weight excluding hydrogens is 226 g/mol. The van der Waals surface area contributed by atoms with Crippen LogP contribution in [-0.2, 0) is 4.79 Å². The quantitative estimate of drug-likeness (QED) is 0.412. The van der Waals surface area contributed by atoms with Gasteiger partial charge in [0.05, 0.1) is 10.5 Å². The van der Waals surface area contributed by atoms with Crippen LogP contribution in [0.2, 0.25) is 0 Å². The van der Waals surface area contributed by atoms with Crippen LogP contribution in [0.1, 0.15) is 13.8 Å². The molecule has 0 spiro atoms. The lowest BCUT2D eigenvalue weighted by Gasteiger charge is -2.18. The minimum atomic E-state index is -1.20. The van der Waals surface area contributed by atoms with Crippen molar-refractivity contribution in [2.24, 2.45) is 5.73 Å². The Hall–Kier alpha value is -2.15. The maximum absolute atomic E-state index is 11.6. The van der Waals surface area contributed by atoms with E-state index in [-0.39, 0.29) is 17.1 Å². The van der Waals surface area contributed by atoms with E-state index < -0.39 is 16.4 Å². The number of nitro groups is 1. The average molecular weight is 239 g/mol. The molecule has 1 rings (SSSR count). The summed E-state index contributed by atoms with van der Waals surface area (Å²) in [5.74, 6) is -1.00. The number of rotatable bonds is 3. The van der Waals surface area contributed by atoms with Gasteiger partial charge in [-0.3, -0.25) is 14.9 Å². The topological polar surface area (TPSA) is 118 Å². The van der Waals surface area contributed by atoms with Crippen LogP contribution in [0.4, 0.5) is 11.4 Å². The van der Waals surface area contributed by atoms with Gasteiger partial charge in [-0.05, 0) is 19.9 Å². The summed E-state index contributed by atoms with van der Waals surface area (Å²) >= 11 is 0. The van der Waals surface area contributed by atoms with Crippen LogP contribution in [0.5, 0.6) is 5.75 Å². The van der Waals surface area contributed by atoms with E-state index in [1.807, 2.05) is 0 Å². The Morgan fingerprint density at radius 1 is 1.53 bits per heavy atom. The third kappa shape index (κ3) is 2.91. The molecule has 0 aliphatic rings. The molecule has 1 aromatic rings. The van der Waals surface area contributed by atoms with Crippen molar-refractivity contribution in [1.29, 1.82) is 0 Å². The van der Waals surface area contributed by atoms with Gasteiger partial charge in [-0.25, -0.2) is 0 Å². The summed E-state index contributed by atoms with van der Waals surface area (Å²) in [6.45, 7) is 2.91. The third-order valence-electron chi connectivity index (χ3n) is 2.04. The number of para-hydroxylation sites is 1. The lowest BCUT2D eigenvalue weighted by molar-refractivity contribution is -0.384. The number of anilines is 1. The number of phenolic OH excluding ortho intramolecular Hbond substituents is 1. The summed E-state index contributed by atoms with van der Waals surface area (Å²) in [5.41, 5.74) is 3.71. The number of nitrogens with zero attached hydrogens (tertiary/aromatic N) is 1. The number of hydrogen-bond donors (Lipinski definition) is 3. The van der Waals surface area contributed by atoms with E-state index in [0.717, 1.165) is 0 Å². The number of nitro benzene ring substituents is 1. The van der Waals surface area contributed by atoms with Crippen molar-refractivity contribution in [3.63, 3.8) is 0 Å². The first-order chi connectivity index (χ1) is 7.73. The summed E-state index contributed by atoms with van der Waals surface area (Å²) < 4.78 is 0. The van der Waals surface area contributed by atoms with E-state index in [9.17, 15) is 20.0 Å².